The van der Waals surface area contributed by atoms with Crippen molar-refractivity contribution in [2.24, 2.45) is 0 Å². The molecule has 0 heterocycles. The van der Waals surface area contributed by atoms with Crippen LogP contribution in [0.2, 0.25) is 0 Å². The van der Waals surface area contributed by atoms with Crippen molar-refractivity contribution in [1.29, 1.82) is 0 Å². The van der Waals surface area contributed by atoms with E-state index in [0.717, 1.165) is 24.9 Å². The Morgan fingerprint density at radius 2 is 2.12 bits per heavy atom. The highest BCUT2D eigenvalue weighted by Gasteiger charge is 2.28. The van der Waals surface area contributed by atoms with Gasteiger partial charge in [0.1, 0.15) is 0 Å². The van der Waals surface area contributed by atoms with Crippen LogP contribution >= 0.6 is 11.6 Å². The lowest BCUT2D eigenvalue weighted by molar-refractivity contribution is 0.183. The third-order valence-corrected chi connectivity index (χ3v) is 3.47. The van der Waals surface area contributed by atoms with Gasteiger partial charge in [0, 0.05) is 11.5 Å². The molecule has 0 aliphatic heterocycles. The first-order valence-corrected chi connectivity index (χ1v) is 7.41. The van der Waals surface area contributed by atoms with Crippen LogP contribution in [0, 0.1) is 0 Å². The van der Waals surface area contributed by atoms with Crippen molar-refractivity contribution in [1.82, 2.24) is 4.72 Å². The van der Waals surface area contributed by atoms with Crippen molar-refractivity contribution in [2.75, 3.05) is 6.26 Å². The number of rotatable bonds is 4. The van der Waals surface area contributed by atoms with Crippen LogP contribution in [0.4, 0.5) is 0 Å². The fraction of sp³-hybridized carbons (Fsp3) is 0.600. The minimum absolute atomic E-state index is 0.315. The Morgan fingerprint density at radius 1 is 1.44 bits per heavy atom. The zero-order chi connectivity index (χ0) is 11.8. The van der Waals surface area contributed by atoms with Crippen molar-refractivity contribution in [3.63, 3.8) is 0 Å². The highest BCUT2D eigenvalue weighted by atomic mass is 35.5. The highest BCUT2D eigenvalue weighted by Crippen LogP contribution is 2.31. The normalized spacial score (nSPS) is 26.0. The Hall–Kier alpha value is -0.520. The Kier molecular flexibility index (Phi) is 3.28. The lowest BCUT2D eigenvalue weighted by Crippen LogP contribution is -2.35. The van der Waals surface area contributed by atoms with Gasteiger partial charge in [0.2, 0.25) is 10.0 Å². The van der Waals surface area contributed by atoms with E-state index in [2.05, 4.69) is 4.72 Å². The third kappa shape index (κ3) is 3.50. The van der Waals surface area contributed by atoms with E-state index in [1.807, 2.05) is 0 Å². The Balaban J connectivity index is 2.00. The van der Waals surface area contributed by atoms with Gasteiger partial charge in [-0.2, -0.15) is 0 Å². The number of ether oxygens (including phenoxy) is 1. The van der Waals surface area contributed by atoms with Gasteiger partial charge in [-0.05, 0) is 25.0 Å². The predicted molar refractivity (Wildman–Crippen MR) is 62.5 cm³/mol. The molecule has 16 heavy (non-hydrogen) atoms. The van der Waals surface area contributed by atoms with Crippen molar-refractivity contribution in [3.05, 3.63) is 22.9 Å². The summed E-state index contributed by atoms with van der Waals surface area (Å²) in [4.78, 5) is 0. The Bertz CT molecular complexity index is 437. The minimum Gasteiger partial charge on any atom is -0.495 e. The van der Waals surface area contributed by atoms with E-state index in [0.29, 0.717) is 17.6 Å². The van der Waals surface area contributed by atoms with E-state index < -0.39 is 16.1 Å². The topological polar surface area (TPSA) is 55.4 Å². The summed E-state index contributed by atoms with van der Waals surface area (Å²) in [5.41, 5.74) is 0. The molecule has 90 valence electrons. The van der Waals surface area contributed by atoms with Crippen LogP contribution in [-0.2, 0) is 14.8 Å². The third-order valence-electron chi connectivity index (χ3n) is 2.37. The van der Waals surface area contributed by atoms with E-state index in [4.69, 9.17) is 16.3 Å². The number of nitrogens with one attached hydrogen (secondary N) is 1. The fourth-order valence-corrected chi connectivity index (χ4v) is 2.49. The summed E-state index contributed by atoms with van der Waals surface area (Å²) in [6.07, 6.45) is 7.58. The number of allylic oxidation sites excluding steroid dienone is 2. The van der Waals surface area contributed by atoms with Crippen molar-refractivity contribution in [3.8, 4) is 0 Å². The van der Waals surface area contributed by atoms with Crippen LogP contribution in [0.5, 0.6) is 0 Å². The van der Waals surface area contributed by atoms with E-state index in [1.165, 1.54) is 0 Å². The molecule has 1 unspecified atom stereocenters. The monoisotopic (exact) mass is 263 g/mol. The molecule has 0 amide bonds. The van der Waals surface area contributed by atoms with Crippen LogP contribution in [-0.4, -0.2) is 26.8 Å². The molecule has 2 aliphatic rings. The molecule has 2 aliphatic carbocycles. The SMILES string of the molecule is CS(=O)(=O)NC1CC(OC2CC2)=CC=C1Cl. The summed E-state index contributed by atoms with van der Waals surface area (Å²) in [6.45, 7) is 0. The number of hydrogen-bond donors (Lipinski definition) is 1. The second-order valence-electron chi connectivity index (χ2n) is 4.15. The summed E-state index contributed by atoms with van der Waals surface area (Å²) in [6, 6.07) is -0.393. The van der Waals surface area contributed by atoms with Crippen LogP contribution in [0.1, 0.15) is 19.3 Å². The van der Waals surface area contributed by atoms with Gasteiger partial charge in [0.05, 0.1) is 24.2 Å². The van der Waals surface area contributed by atoms with E-state index in [-0.39, 0.29) is 0 Å². The molecule has 0 bridgehead atoms. The maximum atomic E-state index is 11.1. The first kappa shape index (κ1) is 12.0. The molecule has 0 aromatic carbocycles. The number of hydrogen-bond acceptors (Lipinski definition) is 3. The number of sulfonamides is 1. The maximum Gasteiger partial charge on any atom is 0.209 e. The summed E-state index contributed by atoms with van der Waals surface area (Å²) in [5, 5.41) is 0.494. The van der Waals surface area contributed by atoms with Crippen LogP contribution in [0.15, 0.2) is 22.9 Å². The molecule has 1 N–H and O–H groups in total. The van der Waals surface area contributed by atoms with E-state index in [1.54, 1.807) is 12.2 Å². The van der Waals surface area contributed by atoms with Crippen LogP contribution < -0.4 is 4.72 Å². The van der Waals surface area contributed by atoms with Crippen molar-refractivity contribution < 1.29 is 13.2 Å². The minimum atomic E-state index is -3.25. The van der Waals surface area contributed by atoms with Crippen molar-refractivity contribution in [2.45, 2.75) is 31.4 Å². The van der Waals surface area contributed by atoms with E-state index in [9.17, 15) is 8.42 Å². The average Bonchev–Trinajstić information content (AvgIpc) is 2.92. The van der Waals surface area contributed by atoms with Gasteiger partial charge < -0.3 is 4.74 Å². The van der Waals surface area contributed by atoms with Gasteiger partial charge >= 0.3 is 0 Å². The maximum absolute atomic E-state index is 11.1. The molecule has 1 atom stereocenters. The molecule has 1 fully saturated rings. The summed E-state index contributed by atoms with van der Waals surface area (Å²) < 4.78 is 30.4. The van der Waals surface area contributed by atoms with Gasteiger partial charge in [-0.25, -0.2) is 13.1 Å². The van der Waals surface area contributed by atoms with E-state index >= 15 is 0 Å². The summed E-state index contributed by atoms with van der Waals surface area (Å²) >= 11 is 5.94. The fourth-order valence-electron chi connectivity index (χ4n) is 1.50. The molecular weight excluding hydrogens is 250 g/mol. The average molecular weight is 264 g/mol. The number of halogens is 1. The molecule has 0 aromatic heterocycles. The molecule has 0 aromatic rings. The zero-order valence-electron chi connectivity index (χ0n) is 8.94. The molecule has 0 radical (unpaired) electrons. The van der Waals surface area contributed by atoms with Gasteiger partial charge in [0.25, 0.3) is 0 Å². The Morgan fingerprint density at radius 3 is 2.69 bits per heavy atom. The van der Waals surface area contributed by atoms with Gasteiger partial charge in [-0.3, -0.25) is 0 Å². The van der Waals surface area contributed by atoms with Gasteiger partial charge in [-0.15, -0.1) is 0 Å². The zero-order valence-corrected chi connectivity index (χ0v) is 10.5. The quantitative estimate of drug-likeness (QED) is 0.836. The van der Waals surface area contributed by atoms with Crippen molar-refractivity contribution >= 4 is 21.6 Å². The molecule has 4 nitrogen and oxygen atoms in total. The standard InChI is InChI=1S/C10H14ClNO3S/c1-16(13,14)12-10-6-8(4-5-9(10)11)15-7-2-3-7/h4-5,7,10,12H,2-3,6H2,1H3. The van der Waals surface area contributed by atoms with Crippen LogP contribution in [0.3, 0.4) is 0 Å². The predicted octanol–water partition coefficient (Wildman–Crippen LogP) is 1.49. The molecule has 1 saturated carbocycles. The molecule has 0 spiro atoms. The highest BCUT2D eigenvalue weighted by molar-refractivity contribution is 7.88. The molecule has 6 heteroatoms. The first-order chi connectivity index (χ1) is 7.44. The summed E-state index contributed by atoms with van der Waals surface area (Å²) in [7, 11) is -3.25. The lowest BCUT2D eigenvalue weighted by atomic mass is 10.1. The molecule has 2 rings (SSSR count). The summed E-state index contributed by atoms with van der Waals surface area (Å²) in [5.74, 6) is 0.799. The largest absolute Gasteiger partial charge is 0.495 e. The Labute approximate surface area is 100 Å². The lowest BCUT2D eigenvalue weighted by Gasteiger charge is -2.22. The molecular formula is C10H14ClNO3S. The van der Waals surface area contributed by atoms with Crippen LogP contribution in [0.25, 0.3) is 0 Å². The first-order valence-electron chi connectivity index (χ1n) is 5.14. The second-order valence-corrected chi connectivity index (χ2v) is 6.36. The van der Waals surface area contributed by atoms with Gasteiger partial charge in [-0.1, -0.05) is 11.6 Å². The van der Waals surface area contributed by atoms with Gasteiger partial charge in [0.15, 0.2) is 0 Å². The second kappa shape index (κ2) is 4.39. The molecule has 0 saturated heterocycles. The smallest absolute Gasteiger partial charge is 0.209 e.